The van der Waals surface area contributed by atoms with Gasteiger partial charge in [-0.25, -0.2) is 0 Å². The summed E-state index contributed by atoms with van der Waals surface area (Å²) in [6.45, 7) is 3.51. The molecule has 1 amide bonds. The third-order valence-electron chi connectivity index (χ3n) is 19.0. The Morgan fingerprint density at radius 3 is 0.977 bits per heavy atom. The zero-order valence-corrected chi connectivity index (χ0v) is 58.0. The highest BCUT2D eigenvalue weighted by atomic mass is 16.7. The molecular weight excluding hydrogens is 1100 g/mol. The largest absolute Gasteiger partial charge is 0.394 e. The van der Waals surface area contributed by atoms with Gasteiger partial charge in [-0.15, -0.1) is 0 Å². The van der Waals surface area contributed by atoms with E-state index in [0.29, 0.717) is 12.8 Å². The lowest BCUT2D eigenvalue weighted by atomic mass is 9.98. The fraction of sp³-hybridized carbons (Fsp3) is 0.935. The van der Waals surface area contributed by atoms with Gasteiger partial charge in [0.1, 0.15) is 36.6 Å². The molecule has 11 nitrogen and oxygen atoms in total. The van der Waals surface area contributed by atoms with E-state index in [1.54, 1.807) is 0 Å². The number of carbonyl (C=O) groups is 1. The smallest absolute Gasteiger partial charge is 0.249 e. The fourth-order valence-electron chi connectivity index (χ4n) is 12.8. The number of carbonyl (C=O) groups excluding carboxylic acids is 1. The highest BCUT2D eigenvalue weighted by Gasteiger charge is 2.44. The second-order valence-corrected chi connectivity index (χ2v) is 27.4. The van der Waals surface area contributed by atoms with E-state index in [1.165, 1.54) is 315 Å². The van der Waals surface area contributed by atoms with Gasteiger partial charge in [0, 0.05) is 0 Å². The number of hydrogen-bond acceptors (Lipinski definition) is 10. The van der Waals surface area contributed by atoms with Gasteiger partial charge >= 0.3 is 0 Å². The number of aliphatic hydroxyl groups excluding tert-OH is 7. The summed E-state index contributed by atoms with van der Waals surface area (Å²) < 4.78 is 11.2. The van der Waals surface area contributed by atoms with E-state index in [4.69, 9.17) is 9.47 Å². The number of rotatable bonds is 69. The normalized spacial score (nSPS) is 18.7. The van der Waals surface area contributed by atoms with Crippen LogP contribution in [0.3, 0.4) is 0 Å². The average molecular weight is 1250 g/mol. The Morgan fingerprint density at radius 1 is 0.386 bits per heavy atom. The lowest BCUT2D eigenvalue weighted by molar-refractivity contribution is -0.303. The molecule has 11 heteroatoms. The third kappa shape index (κ3) is 52.0. The maximum atomic E-state index is 13.3. The molecule has 0 saturated carbocycles. The van der Waals surface area contributed by atoms with Crippen molar-refractivity contribution in [2.75, 3.05) is 13.2 Å². The van der Waals surface area contributed by atoms with Crippen molar-refractivity contribution in [1.82, 2.24) is 5.32 Å². The molecule has 8 N–H and O–H groups in total. The number of amides is 1. The second kappa shape index (κ2) is 65.6. The van der Waals surface area contributed by atoms with Gasteiger partial charge in [-0.1, -0.05) is 353 Å². The Bertz CT molecular complexity index is 1480. The second-order valence-electron chi connectivity index (χ2n) is 27.4. The van der Waals surface area contributed by atoms with Gasteiger partial charge in [-0.3, -0.25) is 4.79 Å². The molecule has 0 radical (unpaired) electrons. The predicted octanol–water partition coefficient (Wildman–Crippen LogP) is 19.5. The molecule has 1 saturated heterocycles. The molecule has 9 atom stereocenters. The number of aliphatic hydroxyl groups is 7. The summed E-state index contributed by atoms with van der Waals surface area (Å²) >= 11 is 0. The van der Waals surface area contributed by atoms with Gasteiger partial charge in [0.2, 0.25) is 5.91 Å². The van der Waals surface area contributed by atoms with E-state index >= 15 is 0 Å². The van der Waals surface area contributed by atoms with Crippen molar-refractivity contribution in [2.24, 2.45) is 0 Å². The molecule has 0 spiro atoms. The van der Waals surface area contributed by atoms with E-state index in [-0.39, 0.29) is 12.8 Å². The molecule has 0 aromatic heterocycles. The molecule has 1 aliphatic rings. The number of allylic oxidation sites excluding steroid dienone is 4. The minimum atomic E-state index is -1.67. The van der Waals surface area contributed by atoms with E-state index in [0.717, 1.165) is 38.5 Å². The Kier molecular flexibility index (Phi) is 63.1. The monoisotopic (exact) mass is 1250 g/mol. The Morgan fingerprint density at radius 2 is 0.670 bits per heavy atom. The first-order chi connectivity index (χ1) is 43.2. The number of nitrogens with one attached hydrogen (secondary N) is 1. The summed E-state index contributed by atoms with van der Waals surface area (Å²) in [4.78, 5) is 13.3. The molecule has 88 heavy (non-hydrogen) atoms. The highest BCUT2D eigenvalue weighted by Crippen LogP contribution is 2.24. The van der Waals surface area contributed by atoms with Crippen LogP contribution in [0.25, 0.3) is 0 Å². The van der Waals surface area contributed by atoms with Crippen molar-refractivity contribution in [1.29, 1.82) is 0 Å². The number of unbranched alkanes of at least 4 members (excludes halogenated alkanes) is 53. The van der Waals surface area contributed by atoms with E-state index in [9.17, 15) is 40.5 Å². The molecular formula is C77H149NO10. The molecule has 1 heterocycles. The quantitative estimate of drug-likeness (QED) is 0.0215. The summed E-state index contributed by atoms with van der Waals surface area (Å²) in [5.74, 6) is -0.699. The van der Waals surface area contributed by atoms with E-state index < -0.39 is 74.2 Å². The maximum absolute atomic E-state index is 13.3. The zero-order valence-electron chi connectivity index (χ0n) is 58.0. The van der Waals surface area contributed by atoms with Crippen LogP contribution in [0.5, 0.6) is 0 Å². The van der Waals surface area contributed by atoms with Gasteiger partial charge in [0.25, 0.3) is 0 Å². The van der Waals surface area contributed by atoms with E-state index in [1.807, 2.05) is 0 Å². The average Bonchev–Trinajstić information content (AvgIpc) is 3.63. The summed E-state index contributed by atoms with van der Waals surface area (Å²) in [6.07, 6.45) is 72.9. The molecule has 522 valence electrons. The van der Waals surface area contributed by atoms with Crippen LogP contribution >= 0.6 is 0 Å². The minimum absolute atomic E-state index is 0.257. The van der Waals surface area contributed by atoms with Crippen LogP contribution in [0.4, 0.5) is 0 Å². The molecule has 1 rings (SSSR count). The van der Waals surface area contributed by atoms with Crippen molar-refractivity contribution >= 4 is 5.91 Å². The van der Waals surface area contributed by atoms with Crippen LogP contribution in [0.15, 0.2) is 24.3 Å². The SMILES string of the molecule is CCCCCCCCCCCCCC/C=C\CCCCCCCCCCCCCCCCCC(O)C(=O)NC(COC1OC(CO)C(O)C(O)C1O)C(O)C(O)CCC/C=C/CCCCCCCCCCCCCCCCCCCCCCCCCCC. The molecule has 0 bridgehead atoms. The van der Waals surface area contributed by atoms with Gasteiger partial charge in [0.05, 0.1) is 25.4 Å². The lowest BCUT2D eigenvalue weighted by Gasteiger charge is -2.40. The number of ether oxygens (including phenoxy) is 2. The summed E-state index contributed by atoms with van der Waals surface area (Å²) in [7, 11) is 0. The molecule has 0 aromatic carbocycles. The van der Waals surface area contributed by atoms with Crippen LogP contribution in [-0.2, 0) is 14.3 Å². The van der Waals surface area contributed by atoms with E-state index in [2.05, 4.69) is 43.5 Å². The molecule has 1 fully saturated rings. The predicted molar refractivity (Wildman–Crippen MR) is 372 cm³/mol. The maximum Gasteiger partial charge on any atom is 0.249 e. The molecule has 1 aliphatic heterocycles. The first-order valence-corrected chi connectivity index (χ1v) is 38.7. The Labute approximate surface area is 544 Å². The highest BCUT2D eigenvalue weighted by molar-refractivity contribution is 5.80. The number of hydrogen-bond donors (Lipinski definition) is 8. The van der Waals surface area contributed by atoms with Crippen LogP contribution in [0, 0.1) is 0 Å². The van der Waals surface area contributed by atoms with Gasteiger partial charge in [0.15, 0.2) is 6.29 Å². The topological polar surface area (TPSA) is 189 Å². The third-order valence-corrected chi connectivity index (χ3v) is 19.0. The van der Waals surface area contributed by atoms with Gasteiger partial charge in [-0.2, -0.15) is 0 Å². The van der Waals surface area contributed by atoms with Crippen LogP contribution in [0.1, 0.15) is 393 Å². The molecule has 9 unspecified atom stereocenters. The van der Waals surface area contributed by atoms with Crippen molar-refractivity contribution in [3.8, 4) is 0 Å². The lowest BCUT2D eigenvalue weighted by Crippen LogP contribution is -2.60. The Balaban J connectivity index is 2.16. The van der Waals surface area contributed by atoms with Crippen molar-refractivity contribution in [2.45, 2.75) is 448 Å². The standard InChI is InChI=1S/C77H149NO10/c1-3-5-7-9-11-13-15-17-19-21-23-25-27-29-31-33-35-37-39-41-43-45-47-49-51-53-55-57-59-61-63-65-70(81)76(86)78-68(67-87-77-75(85)74(84)73(83)71(66-79)88-77)72(82)69(80)64-62-60-58-56-54-52-50-48-46-44-42-40-38-36-34-32-30-28-26-24-22-20-18-16-14-12-10-8-6-4-2/h29,31,56,58,68-75,77,79-85H,3-28,30,32-55,57,59-67H2,1-2H3,(H,78,86)/b31-29-,58-56+. The molecule has 0 aliphatic carbocycles. The zero-order chi connectivity index (χ0) is 63.9. The minimum Gasteiger partial charge on any atom is -0.394 e. The summed E-state index contributed by atoms with van der Waals surface area (Å²) in [5.41, 5.74) is 0. The van der Waals surface area contributed by atoms with Gasteiger partial charge in [-0.05, 0) is 64.2 Å². The Hall–Kier alpha value is -1.41. The van der Waals surface area contributed by atoms with Crippen molar-refractivity contribution in [3.63, 3.8) is 0 Å². The van der Waals surface area contributed by atoms with Gasteiger partial charge < -0.3 is 50.5 Å². The van der Waals surface area contributed by atoms with Crippen molar-refractivity contribution < 1.29 is 50.0 Å². The van der Waals surface area contributed by atoms with Crippen LogP contribution in [0.2, 0.25) is 0 Å². The first kappa shape index (κ1) is 84.6. The fourth-order valence-corrected chi connectivity index (χ4v) is 12.8. The summed E-state index contributed by atoms with van der Waals surface area (Å²) in [5, 5.41) is 76.6. The van der Waals surface area contributed by atoms with Crippen molar-refractivity contribution in [3.05, 3.63) is 24.3 Å². The molecule has 0 aromatic rings. The van der Waals surface area contributed by atoms with Crippen LogP contribution < -0.4 is 5.32 Å². The first-order valence-electron chi connectivity index (χ1n) is 38.7. The summed E-state index contributed by atoms with van der Waals surface area (Å²) in [6, 6.07) is -1.19. The van der Waals surface area contributed by atoms with Crippen LogP contribution in [-0.4, -0.2) is 110 Å².